The van der Waals surface area contributed by atoms with Gasteiger partial charge in [0.1, 0.15) is 11.6 Å². The zero-order valence-electron chi connectivity index (χ0n) is 10.9. The van der Waals surface area contributed by atoms with Crippen LogP contribution in [0.2, 0.25) is 5.02 Å². The summed E-state index contributed by atoms with van der Waals surface area (Å²) in [5.74, 6) is -2.03. The van der Waals surface area contributed by atoms with Gasteiger partial charge < -0.3 is 10.1 Å². The maximum absolute atomic E-state index is 13.4. The number of aromatic nitrogens is 1. The Labute approximate surface area is 124 Å². The van der Waals surface area contributed by atoms with Gasteiger partial charge >= 0.3 is 0 Å². The number of rotatable bonds is 4. The number of nitrogens with one attached hydrogen (secondary N) is 1. The number of carbonyl (C=O) groups excluding carboxylic acids is 1. The maximum atomic E-state index is 13.4. The minimum atomic E-state index is -0.984. The molecule has 110 valence electrons. The van der Waals surface area contributed by atoms with Crippen molar-refractivity contribution < 1.29 is 18.3 Å². The van der Waals surface area contributed by atoms with Crippen LogP contribution in [0.1, 0.15) is 6.92 Å². The third kappa shape index (κ3) is 4.13. The molecule has 2 aromatic rings. The molecule has 1 amide bonds. The maximum Gasteiger partial charge on any atom is 0.266 e. The number of benzene rings is 1. The molecule has 7 heteroatoms. The summed E-state index contributed by atoms with van der Waals surface area (Å²) < 4.78 is 31.3. The first-order valence-corrected chi connectivity index (χ1v) is 6.37. The summed E-state index contributed by atoms with van der Waals surface area (Å²) in [5.41, 5.74) is 0. The summed E-state index contributed by atoms with van der Waals surface area (Å²) in [4.78, 5) is 15.8. The van der Waals surface area contributed by atoms with E-state index >= 15 is 0 Å². The molecule has 0 bridgehead atoms. The molecule has 4 nitrogen and oxygen atoms in total. The van der Waals surface area contributed by atoms with E-state index in [1.54, 1.807) is 6.07 Å². The van der Waals surface area contributed by atoms with Crippen LogP contribution in [0, 0.1) is 11.6 Å². The van der Waals surface area contributed by atoms with Crippen LogP contribution in [0.25, 0.3) is 0 Å². The zero-order valence-corrected chi connectivity index (χ0v) is 11.7. The Morgan fingerprint density at radius 1 is 1.33 bits per heavy atom. The van der Waals surface area contributed by atoms with E-state index < -0.39 is 23.6 Å². The predicted molar refractivity (Wildman–Crippen MR) is 74.3 cm³/mol. The van der Waals surface area contributed by atoms with E-state index in [-0.39, 0.29) is 5.75 Å². The molecule has 1 aromatic heterocycles. The Balaban J connectivity index is 2.00. The second kappa shape index (κ2) is 6.49. The lowest BCUT2D eigenvalue weighted by Crippen LogP contribution is -2.30. The van der Waals surface area contributed by atoms with Crippen molar-refractivity contribution in [1.82, 2.24) is 4.98 Å². The lowest BCUT2D eigenvalue weighted by atomic mass is 10.3. The summed E-state index contributed by atoms with van der Waals surface area (Å²) in [6, 6.07) is 5.93. The van der Waals surface area contributed by atoms with Crippen LogP contribution >= 0.6 is 11.6 Å². The Morgan fingerprint density at radius 3 is 2.71 bits per heavy atom. The molecule has 0 saturated carbocycles. The second-order valence-electron chi connectivity index (χ2n) is 4.19. The lowest BCUT2D eigenvalue weighted by Gasteiger charge is -2.14. The van der Waals surface area contributed by atoms with Crippen molar-refractivity contribution in [3.8, 4) is 5.75 Å². The first-order valence-electron chi connectivity index (χ1n) is 6.00. The number of hydrogen-bond donors (Lipinski definition) is 1. The monoisotopic (exact) mass is 312 g/mol. The molecule has 1 heterocycles. The van der Waals surface area contributed by atoms with Gasteiger partial charge in [-0.25, -0.2) is 13.8 Å². The van der Waals surface area contributed by atoms with Gasteiger partial charge in [0.05, 0.1) is 5.02 Å². The molecule has 0 radical (unpaired) electrons. The molecular formula is C14H11ClF2N2O2. The van der Waals surface area contributed by atoms with Crippen molar-refractivity contribution in [3.05, 3.63) is 53.2 Å². The molecular weight excluding hydrogens is 302 g/mol. The molecule has 21 heavy (non-hydrogen) atoms. The summed E-state index contributed by atoms with van der Waals surface area (Å²) in [6.45, 7) is 1.44. The SMILES string of the molecule is C[C@@H](Oc1ccc(F)cc1F)C(=O)Nc1ccc(Cl)cn1. The number of carbonyl (C=O) groups is 1. The van der Waals surface area contributed by atoms with Gasteiger partial charge in [-0.15, -0.1) is 0 Å². The van der Waals surface area contributed by atoms with Crippen molar-refractivity contribution in [2.75, 3.05) is 5.32 Å². The number of anilines is 1. The minimum Gasteiger partial charge on any atom is -0.478 e. The number of hydrogen-bond acceptors (Lipinski definition) is 3. The molecule has 0 aliphatic heterocycles. The number of halogens is 3. The summed E-state index contributed by atoms with van der Waals surface area (Å²) in [6.07, 6.45) is 0.393. The number of nitrogens with zero attached hydrogens (tertiary/aromatic N) is 1. The average Bonchev–Trinajstić information content (AvgIpc) is 2.44. The fourth-order valence-electron chi connectivity index (χ4n) is 1.49. The van der Waals surface area contributed by atoms with Gasteiger partial charge in [0.25, 0.3) is 5.91 Å². The zero-order chi connectivity index (χ0) is 15.4. The molecule has 0 aliphatic carbocycles. The molecule has 0 spiro atoms. The Morgan fingerprint density at radius 2 is 2.10 bits per heavy atom. The van der Waals surface area contributed by atoms with Crippen LogP contribution in [-0.4, -0.2) is 17.0 Å². The van der Waals surface area contributed by atoms with Crippen LogP contribution in [0.3, 0.4) is 0 Å². The normalized spacial score (nSPS) is 11.8. The minimum absolute atomic E-state index is 0.205. The van der Waals surface area contributed by atoms with Crippen LogP contribution in [0.15, 0.2) is 36.5 Å². The molecule has 1 N–H and O–H groups in total. The summed E-state index contributed by atoms with van der Waals surface area (Å²) in [7, 11) is 0. The average molecular weight is 313 g/mol. The van der Waals surface area contributed by atoms with E-state index in [4.69, 9.17) is 16.3 Å². The number of amides is 1. The van der Waals surface area contributed by atoms with Crippen molar-refractivity contribution in [2.24, 2.45) is 0 Å². The first kappa shape index (κ1) is 15.2. The molecule has 0 aliphatic rings. The van der Waals surface area contributed by atoms with E-state index in [0.29, 0.717) is 16.9 Å². The van der Waals surface area contributed by atoms with Crippen LogP contribution in [-0.2, 0) is 4.79 Å². The quantitative estimate of drug-likeness (QED) is 0.941. The second-order valence-corrected chi connectivity index (χ2v) is 4.62. The van der Waals surface area contributed by atoms with Gasteiger partial charge in [-0.2, -0.15) is 0 Å². The molecule has 0 unspecified atom stereocenters. The Bertz CT molecular complexity index is 650. The highest BCUT2D eigenvalue weighted by atomic mass is 35.5. The standard InChI is InChI=1S/C14H11ClF2N2O2/c1-8(21-12-4-3-10(16)6-11(12)17)14(20)19-13-5-2-9(15)7-18-13/h2-8H,1H3,(H,18,19,20)/t8-/m1/s1. The smallest absolute Gasteiger partial charge is 0.266 e. The van der Waals surface area contributed by atoms with Gasteiger partial charge in [0.2, 0.25) is 0 Å². The Hall–Kier alpha value is -2.21. The van der Waals surface area contributed by atoms with Gasteiger partial charge in [0, 0.05) is 12.3 Å². The van der Waals surface area contributed by atoms with Crippen molar-refractivity contribution in [3.63, 3.8) is 0 Å². The van der Waals surface area contributed by atoms with Crippen molar-refractivity contribution >= 4 is 23.3 Å². The fourth-order valence-corrected chi connectivity index (χ4v) is 1.60. The number of pyridine rings is 1. The molecule has 2 rings (SSSR count). The molecule has 1 aromatic carbocycles. The summed E-state index contributed by atoms with van der Waals surface area (Å²) >= 11 is 5.68. The summed E-state index contributed by atoms with van der Waals surface area (Å²) in [5, 5.41) is 2.93. The van der Waals surface area contributed by atoms with E-state index in [1.165, 1.54) is 19.2 Å². The topological polar surface area (TPSA) is 51.2 Å². The lowest BCUT2D eigenvalue weighted by molar-refractivity contribution is -0.122. The van der Waals surface area contributed by atoms with Gasteiger partial charge in [-0.1, -0.05) is 11.6 Å². The van der Waals surface area contributed by atoms with Crippen LogP contribution in [0.5, 0.6) is 5.75 Å². The van der Waals surface area contributed by atoms with E-state index in [1.807, 2.05) is 0 Å². The van der Waals surface area contributed by atoms with Gasteiger partial charge in [-0.05, 0) is 31.2 Å². The predicted octanol–water partition coefficient (Wildman–Crippen LogP) is 3.42. The van der Waals surface area contributed by atoms with E-state index in [2.05, 4.69) is 10.3 Å². The molecule has 0 saturated heterocycles. The van der Waals surface area contributed by atoms with E-state index in [9.17, 15) is 13.6 Å². The molecule has 1 atom stereocenters. The third-order valence-corrected chi connectivity index (χ3v) is 2.77. The van der Waals surface area contributed by atoms with Gasteiger partial charge in [-0.3, -0.25) is 4.79 Å². The van der Waals surface area contributed by atoms with Crippen LogP contribution < -0.4 is 10.1 Å². The van der Waals surface area contributed by atoms with Gasteiger partial charge in [0.15, 0.2) is 17.7 Å². The molecule has 0 fully saturated rings. The Kier molecular flexibility index (Phi) is 4.70. The highest BCUT2D eigenvalue weighted by Gasteiger charge is 2.17. The highest BCUT2D eigenvalue weighted by Crippen LogP contribution is 2.19. The number of ether oxygens (including phenoxy) is 1. The first-order chi connectivity index (χ1) is 9.95. The largest absolute Gasteiger partial charge is 0.478 e. The third-order valence-electron chi connectivity index (χ3n) is 2.55. The van der Waals surface area contributed by atoms with E-state index in [0.717, 1.165) is 12.1 Å². The van der Waals surface area contributed by atoms with Crippen LogP contribution in [0.4, 0.5) is 14.6 Å². The highest BCUT2D eigenvalue weighted by molar-refractivity contribution is 6.30. The fraction of sp³-hybridized carbons (Fsp3) is 0.143. The van der Waals surface area contributed by atoms with Crippen molar-refractivity contribution in [2.45, 2.75) is 13.0 Å². The van der Waals surface area contributed by atoms with Crippen molar-refractivity contribution in [1.29, 1.82) is 0 Å².